The standard InChI is InChI=1S/C14H24N4/c1-3-5-12-9-15-14(16-10-12)17-13-6-8-18(11-13)7-4-2/h9-10,13H,3-8,11H2,1-2H3,(H,15,16,17). The largest absolute Gasteiger partial charge is 0.350 e. The van der Waals surface area contributed by atoms with E-state index in [-0.39, 0.29) is 0 Å². The van der Waals surface area contributed by atoms with Gasteiger partial charge in [0.15, 0.2) is 0 Å². The van der Waals surface area contributed by atoms with Gasteiger partial charge in [0.25, 0.3) is 0 Å². The second-order valence-corrected chi connectivity index (χ2v) is 5.10. The third-order valence-corrected chi connectivity index (χ3v) is 3.39. The summed E-state index contributed by atoms with van der Waals surface area (Å²) in [5.41, 5.74) is 1.22. The normalized spacial score (nSPS) is 20.2. The van der Waals surface area contributed by atoms with Crippen molar-refractivity contribution in [3.63, 3.8) is 0 Å². The maximum Gasteiger partial charge on any atom is 0.222 e. The van der Waals surface area contributed by atoms with Crippen molar-refractivity contribution in [2.75, 3.05) is 25.0 Å². The Morgan fingerprint density at radius 3 is 2.72 bits per heavy atom. The Morgan fingerprint density at radius 1 is 1.28 bits per heavy atom. The molecule has 0 aliphatic carbocycles. The quantitative estimate of drug-likeness (QED) is 0.839. The second-order valence-electron chi connectivity index (χ2n) is 5.10. The molecule has 18 heavy (non-hydrogen) atoms. The van der Waals surface area contributed by atoms with Gasteiger partial charge in [0.05, 0.1) is 0 Å². The lowest BCUT2D eigenvalue weighted by molar-refractivity contribution is 0.337. The molecule has 0 amide bonds. The van der Waals surface area contributed by atoms with Crippen LogP contribution in [0.25, 0.3) is 0 Å². The zero-order valence-corrected chi connectivity index (χ0v) is 11.5. The molecule has 1 saturated heterocycles. The third-order valence-electron chi connectivity index (χ3n) is 3.39. The van der Waals surface area contributed by atoms with Crippen LogP contribution >= 0.6 is 0 Å². The predicted molar refractivity (Wildman–Crippen MR) is 74.8 cm³/mol. The topological polar surface area (TPSA) is 41.1 Å². The Hall–Kier alpha value is -1.16. The molecule has 4 heteroatoms. The number of aryl methyl sites for hydroxylation is 1. The molecule has 0 radical (unpaired) electrons. The van der Waals surface area contributed by atoms with Crippen molar-refractivity contribution in [1.29, 1.82) is 0 Å². The van der Waals surface area contributed by atoms with E-state index in [0.717, 1.165) is 25.3 Å². The summed E-state index contributed by atoms with van der Waals surface area (Å²) in [6.45, 7) is 7.92. The minimum Gasteiger partial charge on any atom is -0.350 e. The van der Waals surface area contributed by atoms with Gasteiger partial charge in [-0.3, -0.25) is 0 Å². The molecule has 1 aromatic rings. The number of hydrogen-bond acceptors (Lipinski definition) is 4. The molecule has 100 valence electrons. The maximum absolute atomic E-state index is 4.39. The maximum atomic E-state index is 4.39. The van der Waals surface area contributed by atoms with Gasteiger partial charge in [0.2, 0.25) is 5.95 Å². The van der Waals surface area contributed by atoms with Gasteiger partial charge in [-0.15, -0.1) is 0 Å². The van der Waals surface area contributed by atoms with E-state index >= 15 is 0 Å². The number of rotatable bonds is 6. The van der Waals surface area contributed by atoms with Gasteiger partial charge < -0.3 is 10.2 Å². The van der Waals surface area contributed by atoms with Crippen molar-refractivity contribution in [1.82, 2.24) is 14.9 Å². The van der Waals surface area contributed by atoms with Crippen molar-refractivity contribution in [3.05, 3.63) is 18.0 Å². The third kappa shape index (κ3) is 3.67. The highest BCUT2D eigenvalue weighted by Crippen LogP contribution is 2.13. The first-order chi connectivity index (χ1) is 8.81. The van der Waals surface area contributed by atoms with E-state index in [1.165, 1.54) is 31.5 Å². The van der Waals surface area contributed by atoms with Gasteiger partial charge in [-0.05, 0) is 31.4 Å². The van der Waals surface area contributed by atoms with E-state index in [4.69, 9.17) is 0 Å². The zero-order chi connectivity index (χ0) is 12.8. The molecule has 4 nitrogen and oxygen atoms in total. The molecule has 1 N–H and O–H groups in total. The summed E-state index contributed by atoms with van der Waals surface area (Å²) in [4.78, 5) is 11.3. The number of aromatic nitrogens is 2. The minimum absolute atomic E-state index is 0.508. The molecule has 0 saturated carbocycles. The van der Waals surface area contributed by atoms with Gasteiger partial charge in [-0.1, -0.05) is 20.3 Å². The first kappa shape index (κ1) is 13.3. The molecule has 2 rings (SSSR count). The van der Waals surface area contributed by atoms with Gasteiger partial charge >= 0.3 is 0 Å². The minimum atomic E-state index is 0.508. The van der Waals surface area contributed by atoms with Crippen LogP contribution in [-0.2, 0) is 6.42 Å². The molecule has 0 aromatic carbocycles. The van der Waals surface area contributed by atoms with E-state index in [0.29, 0.717) is 6.04 Å². The van der Waals surface area contributed by atoms with E-state index in [2.05, 4.69) is 34.0 Å². The number of likely N-dealkylation sites (tertiary alicyclic amines) is 1. The van der Waals surface area contributed by atoms with E-state index in [9.17, 15) is 0 Å². The van der Waals surface area contributed by atoms with Crippen LogP contribution in [0.1, 0.15) is 38.7 Å². The van der Waals surface area contributed by atoms with Crippen molar-refractivity contribution in [2.45, 2.75) is 45.6 Å². The van der Waals surface area contributed by atoms with Crippen LogP contribution < -0.4 is 5.32 Å². The van der Waals surface area contributed by atoms with Gasteiger partial charge in [-0.2, -0.15) is 0 Å². The molecular weight excluding hydrogens is 224 g/mol. The fourth-order valence-electron chi connectivity index (χ4n) is 2.50. The Labute approximate surface area is 110 Å². The van der Waals surface area contributed by atoms with Crippen LogP contribution in [0.15, 0.2) is 12.4 Å². The van der Waals surface area contributed by atoms with Crippen molar-refractivity contribution in [3.8, 4) is 0 Å². The smallest absolute Gasteiger partial charge is 0.222 e. The van der Waals surface area contributed by atoms with Crippen LogP contribution in [0.2, 0.25) is 0 Å². The summed E-state index contributed by atoms with van der Waals surface area (Å²) in [5.74, 6) is 0.776. The summed E-state index contributed by atoms with van der Waals surface area (Å²) in [7, 11) is 0. The number of nitrogens with zero attached hydrogens (tertiary/aromatic N) is 3. The first-order valence-corrected chi connectivity index (χ1v) is 7.11. The molecule has 1 aromatic heterocycles. The Balaban J connectivity index is 1.82. The predicted octanol–water partition coefficient (Wildman–Crippen LogP) is 2.33. The number of anilines is 1. The fraction of sp³-hybridized carbons (Fsp3) is 0.714. The van der Waals surface area contributed by atoms with Crippen molar-refractivity contribution >= 4 is 5.95 Å². The van der Waals surface area contributed by atoms with Crippen LogP contribution in [0, 0.1) is 0 Å². The van der Waals surface area contributed by atoms with Gasteiger partial charge in [0.1, 0.15) is 0 Å². The number of nitrogens with one attached hydrogen (secondary N) is 1. The SMILES string of the molecule is CCCc1cnc(NC2CCN(CCC)C2)nc1. The summed E-state index contributed by atoms with van der Waals surface area (Å²) in [5, 5.41) is 3.43. The lowest BCUT2D eigenvalue weighted by Gasteiger charge is -2.15. The average Bonchev–Trinajstić information content (AvgIpc) is 2.80. The Kier molecular flexibility index (Phi) is 4.93. The fourth-order valence-corrected chi connectivity index (χ4v) is 2.50. The van der Waals surface area contributed by atoms with E-state index in [1.54, 1.807) is 0 Å². The summed E-state index contributed by atoms with van der Waals surface area (Å²) < 4.78 is 0. The molecule has 2 heterocycles. The molecule has 1 fully saturated rings. The van der Waals surface area contributed by atoms with Gasteiger partial charge in [-0.25, -0.2) is 9.97 Å². The van der Waals surface area contributed by atoms with Crippen LogP contribution in [-0.4, -0.2) is 40.5 Å². The van der Waals surface area contributed by atoms with Gasteiger partial charge in [0, 0.05) is 31.5 Å². The van der Waals surface area contributed by atoms with Crippen LogP contribution in [0.5, 0.6) is 0 Å². The second kappa shape index (κ2) is 6.69. The van der Waals surface area contributed by atoms with Crippen molar-refractivity contribution < 1.29 is 0 Å². The summed E-state index contributed by atoms with van der Waals surface area (Å²) in [6, 6.07) is 0.508. The molecule has 1 aliphatic rings. The highest BCUT2D eigenvalue weighted by Gasteiger charge is 2.21. The lowest BCUT2D eigenvalue weighted by atomic mass is 10.2. The highest BCUT2D eigenvalue weighted by atomic mass is 15.2. The first-order valence-electron chi connectivity index (χ1n) is 7.11. The zero-order valence-electron chi connectivity index (χ0n) is 11.5. The molecule has 0 spiro atoms. The molecule has 0 bridgehead atoms. The summed E-state index contributed by atoms with van der Waals surface area (Å²) in [6.07, 6.45) is 8.52. The Morgan fingerprint density at radius 2 is 2.06 bits per heavy atom. The highest BCUT2D eigenvalue weighted by molar-refractivity contribution is 5.27. The number of hydrogen-bond donors (Lipinski definition) is 1. The van der Waals surface area contributed by atoms with Crippen LogP contribution in [0.4, 0.5) is 5.95 Å². The summed E-state index contributed by atoms with van der Waals surface area (Å²) >= 11 is 0. The lowest BCUT2D eigenvalue weighted by Crippen LogP contribution is -2.27. The molecule has 1 aliphatic heterocycles. The molecule has 1 atom stereocenters. The van der Waals surface area contributed by atoms with Crippen LogP contribution in [0.3, 0.4) is 0 Å². The molecular formula is C14H24N4. The monoisotopic (exact) mass is 248 g/mol. The van der Waals surface area contributed by atoms with Crippen molar-refractivity contribution in [2.24, 2.45) is 0 Å². The Bertz CT molecular complexity index is 349. The van der Waals surface area contributed by atoms with E-state index in [1.807, 2.05) is 12.4 Å². The average molecular weight is 248 g/mol. The molecule has 1 unspecified atom stereocenters. The van der Waals surface area contributed by atoms with E-state index < -0.39 is 0 Å².